The first-order chi connectivity index (χ1) is 14.0. The van der Waals surface area contributed by atoms with Crippen molar-refractivity contribution in [3.63, 3.8) is 0 Å². The first kappa shape index (κ1) is 27.4. The van der Waals surface area contributed by atoms with Gasteiger partial charge in [0.05, 0.1) is 17.7 Å². The van der Waals surface area contributed by atoms with E-state index >= 15 is 0 Å². The minimum atomic E-state index is -0.599. The predicted molar refractivity (Wildman–Crippen MR) is 123 cm³/mol. The topological polar surface area (TPSA) is 77.8 Å². The first-order valence-electron chi connectivity index (χ1n) is 10.4. The van der Waals surface area contributed by atoms with Crippen molar-refractivity contribution in [2.75, 3.05) is 6.61 Å². The Morgan fingerprint density at radius 3 is 2.23 bits per heavy atom. The van der Waals surface area contributed by atoms with E-state index in [9.17, 15) is 9.59 Å². The van der Waals surface area contributed by atoms with E-state index in [1.54, 1.807) is 39.1 Å². The van der Waals surface area contributed by atoms with Gasteiger partial charge < -0.3 is 14.6 Å². The lowest BCUT2D eigenvalue weighted by atomic mass is 10.1. The first-order valence-corrected chi connectivity index (χ1v) is 10.4. The minimum Gasteiger partial charge on any atom is -0.462 e. The third-order valence-corrected chi connectivity index (χ3v) is 3.29. The zero-order valence-electron chi connectivity index (χ0n) is 19.8. The molecule has 0 saturated heterocycles. The number of hydrogen-bond donors (Lipinski definition) is 1. The van der Waals surface area contributed by atoms with Crippen LogP contribution >= 0.6 is 0 Å². The van der Waals surface area contributed by atoms with Crippen LogP contribution < -0.4 is 0 Å². The number of allylic oxidation sites excluding steroid dienone is 1. The second kappa shape index (κ2) is 12.9. The molecular formula is C24H37NO5. The summed E-state index contributed by atoms with van der Waals surface area (Å²) in [5.41, 5.74) is 1.27. The molecule has 0 amide bonds. The fraction of sp³-hybridized carbons (Fsp3) is 0.500. The molecule has 0 aliphatic heterocycles. The van der Waals surface area contributed by atoms with E-state index in [4.69, 9.17) is 14.6 Å². The lowest BCUT2D eigenvalue weighted by Gasteiger charge is -2.20. The van der Waals surface area contributed by atoms with Gasteiger partial charge in [0, 0.05) is 17.7 Å². The molecule has 0 radical (unpaired) electrons. The number of carbonyl (C=O) groups is 2. The van der Waals surface area contributed by atoms with Crippen molar-refractivity contribution >= 4 is 29.0 Å². The Hall–Kier alpha value is -2.60. The van der Waals surface area contributed by atoms with E-state index in [1.807, 2.05) is 59.8 Å². The van der Waals surface area contributed by atoms with Gasteiger partial charge in [-0.3, -0.25) is 4.57 Å². The summed E-state index contributed by atoms with van der Waals surface area (Å²) in [5, 5.41) is 8.92. The zero-order chi connectivity index (χ0) is 23.5. The Morgan fingerprint density at radius 2 is 1.77 bits per heavy atom. The second-order valence-corrected chi connectivity index (χ2v) is 7.48. The number of aromatic nitrogens is 1. The quantitative estimate of drug-likeness (QED) is 0.613. The Labute approximate surface area is 180 Å². The highest BCUT2D eigenvalue weighted by molar-refractivity contribution is 6.01. The van der Waals surface area contributed by atoms with Crippen molar-refractivity contribution in [2.45, 2.75) is 74.0 Å². The third kappa shape index (κ3) is 8.82. The molecule has 0 aliphatic rings. The third-order valence-electron chi connectivity index (χ3n) is 3.29. The van der Waals surface area contributed by atoms with E-state index in [1.165, 1.54) is 4.57 Å². The van der Waals surface area contributed by atoms with Crippen LogP contribution in [0.2, 0.25) is 0 Å². The molecule has 0 unspecified atom stereocenters. The van der Waals surface area contributed by atoms with E-state index in [2.05, 4.69) is 0 Å². The highest BCUT2D eigenvalue weighted by Gasteiger charge is 2.20. The summed E-state index contributed by atoms with van der Waals surface area (Å²) in [5.74, 6) is -0.415. The number of benzene rings is 1. The average molecular weight is 420 g/mol. The number of aliphatic hydroxyl groups is 1. The lowest BCUT2D eigenvalue weighted by molar-refractivity contribution is 0.0518. The maximum Gasteiger partial charge on any atom is 0.418 e. The van der Waals surface area contributed by atoms with Gasteiger partial charge in [0.15, 0.2) is 0 Å². The van der Waals surface area contributed by atoms with Crippen molar-refractivity contribution in [3.8, 4) is 0 Å². The summed E-state index contributed by atoms with van der Waals surface area (Å²) in [6, 6.07) is 5.26. The summed E-state index contributed by atoms with van der Waals surface area (Å²) in [6.07, 6.45) is 4.78. The predicted octanol–water partition coefficient (Wildman–Crippen LogP) is 6.05. The summed E-state index contributed by atoms with van der Waals surface area (Å²) in [6.45, 7) is 16.8. The second-order valence-electron chi connectivity index (χ2n) is 7.48. The molecule has 0 atom stereocenters. The Kier molecular flexibility index (Phi) is 11.7. The molecule has 168 valence electrons. The summed E-state index contributed by atoms with van der Waals surface area (Å²) >= 11 is 0. The molecule has 30 heavy (non-hydrogen) atoms. The van der Waals surface area contributed by atoms with Gasteiger partial charge in [0.25, 0.3) is 0 Å². The van der Waals surface area contributed by atoms with Crippen molar-refractivity contribution in [2.24, 2.45) is 0 Å². The molecule has 0 bridgehead atoms. The fourth-order valence-electron chi connectivity index (χ4n) is 2.39. The largest absolute Gasteiger partial charge is 0.462 e. The van der Waals surface area contributed by atoms with Crippen molar-refractivity contribution in [1.82, 2.24) is 4.57 Å². The molecule has 0 fully saturated rings. The van der Waals surface area contributed by atoms with Gasteiger partial charge >= 0.3 is 12.1 Å². The van der Waals surface area contributed by atoms with Gasteiger partial charge in [-0.25, -0.2) is 9.59 Å². The molecular weight excluding hydrogens is 382 g/mol. The van der Waals surface area contributed by atoms with Crippen LogP contribution in [0.4, 0.5) is 4.79 Å². The number of hydrogen-bond acceptors (Lipinski definition) is 5. The normalized spacial score (nSPS) is 10.9. The molecule has 1 aromatic carbocycles. The molecule has 0 aliphatic carbocycles. The molecule has 2 aromatic rings. The van der Waals surface area contributed by atoms with E-state index in [0.29, 0.717) is 17.7 Å². The molecule has 2 rings (SSSR count). The van der Waals surface area contributed by atoms with Crippen LogP contribution in [0.5, 0.6) is 0 Å². The van der Waals surface area contributed by atoms with Gasteiger partial charge in [0.1, 0.15) is 5.60 Å². The summed E-state index contributed by atoms with van der Waals surface area (Å²) < 4.78 is 11.9. The van der Waals surface area contributed by atoms with Gasteiger partial charge in [-0.1, -0.05) is 26.0 Å². The Bertz CT molecular complexity index is 838. The smallest absolute Gasteiger partial charge is 0.418 e. The number of aliphatic hydroxyl groups excluding tert-OH is 1. The van der Waals surface area contributed by atoms with Crippen LogP contribution in [0.1, 0.15) is 78.2 Å². The van der Waals surface area contributed by atoms with Crippen LogP contribution in [0.25, 0.3) is 17.0 Å². The number of esters is 1. The van der Waals surface area contributed by atoms with Crippen LogP contribution in [-0.2, 0) is 9.47 Å². The highest BCUT2D eigenvalue weighted by Crippen LogP contribution is 2.25. The number of nitrogens with zero attached hydrogens (tertiary/aromatic N) is 1. The maximum absolute atomic E-state index is 12.4. The molecule has 0 spiro atoms. The van der Waals surface area contributed by atoms with E-state index in [-0.39, 0.29) is 6.10 Å². The summed E-state index contributed by atoms with van der Waals surface area (Å²) in [7, 11) is 0. The van der Waals surface area contributed by atoms with Crippen LogP contribution in [0.3, 0.4) is 0 Å². The minimum absolute atomic E-state index is 0.167. The molecule has 0 saturated carbocycles. The Morgan fingerprint density at radius 1 is 1.20 bits per heavy atom. The van der Waals surface area contributed by atoms with Gasteiger partial charge in [-0.05, 0) is 72.2 Å². The number of carbonyl (C=O) groups excluding carboxylic acids is 2. The van der Waals surface area contributed by atoms with Crippen molar-refractivity contribution < 1.29 is 24.2 Å². The number of rotatable bonds is 3. The molecule has 1 heterocycles. The monoisotopic (exact) mass is 419 g/mol. The Balaban J connectivity index is 0.00000125. The molecule has 6 nitrogen and oxygen atoms in total. The maximum atomic E-state index is 12.4. The van der Waals surface area contributed by atoms with Crippen LogP contribution in [0, 0.1) is 0 Å². The van der Waals surface area contributed by atoms with Crippen molar-refractivity contribution in [3.05, 3.63) is 41.6 Å². The van der Waals surface area contributed by atoms with Gasteiger partial charge in [0.2, 0.25) is 0 Å². The van der Waals surface area contributed by atoms with Crippen molar-refractivity contribution in [1.29, 1.82) is 0 Å². The molecule has 1 aromatic heterocycles. The highest BCUT2D eigenvalue weighted by atomic mass is 16.6. The average Bonchev–Trinajstić information content (AvgIpc) is 3.06. The molecule has 6 heteroatoms. The van der Waals surface area contributed by atoms with E-state index < -0.39 is 17.7 Å². The fourth-order valence-corrected chi connectivity index (χ4v) is 2.39. The van der Waals surface area contributed by atoms with Crippen LogP contribution in [-0.4, -0.2) is 40.0 Å². The lowest BCUT2D eigenvalue weighted by Crippen LogP contribution is -2.26. The van der Waals surface area contributed by atoms with Crippen LogP contribution in [0.15, 0.2) is 30.5 Å². The summed E-state index contributed by atoms with van der Waals surface area (Å²) in [4.78, 5) is 24.5. The van der Waals surface area contributed by atoms with Gasteiger partial charge in [-0.2, -0.15) is 0 Å². The zero-order valence-corrected chi connectivity index (χ0v) is 19.8. The molecule has 1 N–H and O–H groups in total. The number of fused-ring (bicyclic) bond motifs is 1. The van der Waals surface area contributed by atoms with E-state index in [0.717, 1.165) is 10.9 Å². The number of ether oxygens (including phenoxy) is 2. The standard InChI is InChI=1S/C19H23NO4.C3H8O.C2H6/c1-6-8-13-11-14(17(21)23-7-2)12-16-15(13)9-10-20(16)18(22)24-19(3,4)5;1-3(2)4;1-2/h6,8-12H,7H2,1-5H3;3-4H,1-2H3;1-2H3/b8-6+;;. The SMILES string of the molecule is C/C=C/c1cc(C(=O)OCC)cc2c1ccn2C(=O)OC(C)(C)C.CC.CC(C)O. The van der Waals surface area contributed by atoms with Gasteiger partial charge in [-0.15, -0.1) is 0 Å².